The summed E-state index contributed by atoms with van der Waals surface area (Å²) in [5.41, 5.74) is 7.26. The van der Waals surface area contributed by atoms with Crippen molar-refractivity contribution < 1.29 is 9.18 Å². The summed E-state index contributed by atoms with van der Waals surface area (Å²) in [7, 11) is 4.00. The van der Waals surface area contributed by atoms with Gasteiger partial charge in [-0.3, -0.25) is 14.9 Å². The Labute approximate surface area is 254 Å². The van der Waals surface area contributed by atoms with Crippen LogP contribution in [-0.4, -0.2) is 68.1 Å². The summed E-state index contributed by atoms with van der Waals surface area (Å²) >= 11 is 0. The summed E-state index contributed by atoms with van der Waals surface area (Å²) in [6.45, 7) is 3.58. The molecule has 4 N–H and O–H groups in total. The van der Waals surface area contributed by atoms with Gasteiger partial charge in [0.05, 0.1) is 28.3 Å². The standard InChI is InChI=1S/C33H34FN9O/c1-4-5-9-29(44)38-25-14-21(17-35-19-25)22-15-27-31(41-42-32(27)37-18-22)33-39-28-8-6-7-26(30(28)40-33)20-12-23(34)16-24(13-20)36-10-11-43(2)3/h6-8,12-19,36H,4-5,9-11H2,1-3H3,(H,38,44)(H,39,40)(H,37,41,42). The lowest BCUT2D eigenvalue weighted by molar-refractivity contribution is -0.116. The van der Waals surface area contributed by atoms with Crippen LogP contribution in [0.2, 0.25) is 0 Å². The van der Waals surface area contributed by atoms with E-state index in [0.717, 1.165) is 52.5 Å². The first kappa shape index (κ1) is 28.9. The van der Waals surface area contributed by atoms with Crippen LogP contribution in [0.5, 0.6) is 0 Å². The lowest BCUT2D eigenvalue weighted by atomic mass is 10.0. The van der Waals surface area contributed by atoms with E-state index in [2.05, 4.69) is 47.6 Å². The minimum atomic E-state index is -0.321. The zero-order chi connectivity index (χ0) is 30.6. The molecule has 2 aromatic carbocycles. The van der Waals surface area contributed by atoms with E-state index < -0.39 is 0 Å². The van der Waals surface area contributed by atoms with E-state index in [1.165, 1.54) is 12.1 Å². The van der Waals surface area contributed by atoms with Gasteiger partial charge in [0.25, 0.3) is 0 Å². The Morgan fingerprint density at radius 1 is 1.00 bits per heavy atom. The molecular weight excluding hydrogens is 557 g/mol. The van der Waals surface area contributed by atoms with Gasteiger partial charge < -0.3 is 20.5 Å². The first-order valence-corrected chi connectivity index (χ1v) is 14.7. The summed E-state index contributed by atoms with van der Waals surface area (Å²) in [5, 5.41) is 14.5. The number of para-hydroxylation sites is 1. The average molecular weight is 592 g/mol. The molecule has 0 atom stereocenters. The van der Waals surface area contributed by atoms with Crippen LogP contribution in [-0.2, 0) is 4.79 Å². The number of imidazole rings is 1. The van der Waals surface area contributed by atoms with Crippen LogP contribution in [0.15, 0.2) is 67.1 Å². The minimum Gasteiger partial charge on any atom is -0.384 e. The number of aromatic amines is 2. The van der Waals surface area contributed by atoms with Gasteiger partial charge in [0, 0.05) is 54.3 Å². The van der Waals surface area contributed by atoms with E-state index >= 15 is 0 Å². The smallest absolute Gasteiger partial charge is 0.224 e. The molecule has 0 bridgehead atoms. The fraction of sp³-hybridized carbons (Fsp3) is 0.242. The molecule has 10 nitrogen and oxygen atoms in total. The van der Waals surface area contributed by atoms with Crippen molar-refractivity contribution in [3.63, 3.8) is 0 Å². The molecule has 6 rings (SSSR count). The van der Waals surface area contributed by atoms with E-state index in [0.29, 0.717) is 47.0 Å². The Balaban J connectivity index is 1.33. The highest BCUT2D eigenvalue weighted by atomic mass is 19.1. The molecule has 0 aliphatic heterocycles. The van der Waals surface area contributed by atoms with Crippen LogP contribution in [0, 0.1) is 5.82 Å². The number of halogens is 1. The van der Waals surface area contributed by atoms with Gasteiger partial charge in [-0.2, -0.15) is 5.10 Å². The van der Waals surface area contributed by atoms with Gasteiger partial charge in [0.2, 0.25) is 5.91 Å². The SMILES string of the molecule is CCCCC(=O)Nc1cncc(-c2cnc3[nH]nc(-c4nc5c(-c6cc(F)cc(NCCN(C)C)c6)cccc5[nH]4)c3c2)c1. The summed E-state index contributed by atoms with van der Waals surface area (Å²) < 4.78 is 14.7. The highest BCUT2D eigenvalue weighted by Gasteiger charge is 2.17. The number of hydrogen-bond acceptors (Lipinski definition) is 7. The Hall–Kier alpha value is -5.16. The van der Waals surface area contributed by atoms with Crippen molar-refractivity contribution in [3.8, 4) is 33.8 Å². The maximum atomic E-state index is 14.7. The van der Waals surface area contributed by atoms with Crippen molar-refractivity contribution in [2.24, 2.45) is 0 Å². The molecule has 1 amide bonds. The average Bonchev–Trinajstić information content (AvgIpc) is 3.63. The molecule has 0 saturated heterocycles. The monoisotopic (exact) mass is 591 g/mol. The van der Waals surface area contributed by atoms with Crippen molar-refractivity contribution >= 4 is 39.3 Å². The molecule has 0 aliphatic rings. The first-order chi connectivity index (χ1) is 21.4. The molecule has 0 radical (unpaired) electrons. The predicted molar refractivity (Wildman–Crippen MR) is 173 cm³/mol. The lowest BCUT2D eigenvalue weighted by Crippen LogP contribution is -2.20. The summed E-state index contributed by atoms with van der Waals surface area (Å²) in [5.74, 6) is 0.211. The molecular formula is C33H34FN9O. The number of nitrogens with one attached hydrogen (secondary N) is 4. The largest absolute Gasteiger partial charge is 0.384 e. The molecule has 0 fully saturated rings. The van der Waals surface area contributed by atoms with Gasteiger partial charge in [-0.25, -0.2) is 14.4 Å². The molecule has 11 heteroatoms. The van der Waals surface area contributed by atoms with Crippen molar-refractivity contribution in [2.45, 2.75) is 26.2 Å². The van der Waals surface area contributed by atoms with Gasteiger partial charge in [0.15, 0.2) is 11.5 Å². The van der Waals surface area contributed by atoms with Crippen molar-refractivity contribution in [1.82, 2.24) is 35.0 Å². The Morgan fingerprint density at radius 3 is 2.68 bits per heavy atom. The predicted octanol–water partition coefficient (Wildman–Crippen LogP) is 6.47. The van der Waals surface area contributed by atoms with E-state index in [1.54, 1.807) is 18.6 Å². The number of benzene rings is 2. The highest BCUT2D eigenvalue weighted by Crippen LogP contribution is 2.34. The molecule has 0 aliphatic carbocycles. The Bertz CT molecular complexity index is 1950. The van der Waals surface area contributed by atoms with Crippen LogP contribution in [0.25, 0.3) is 55.8 Å². The zero-order valence-electron chi connectivity index (χ0n) is 24.9. The maximum Gasteiger partial charge on any atom is 0.224 e. The molecule has 4 heterocycles. The second kappa shape index (κ2) is 12.6. The number of carbonyl (C=O) groups is 1. The molecule has 4 aromatic heterocycles. The third-order valence-corrected chi connectivity index (χ3v) is 7.36. The number of hydrogen-bond donors (Lipinski definition) is 4. The van der Waals surface area contributed by atoms with Crippen LogP contribution >= 0.6 is 0 Å². The Morgan fingerprint density at radius 2 is 1.84 bits per heavy atom. The quantitative estimate of drug-likeness (QED) is 0.136. The normalized spacial score (nSPS) is 11.5. The van der Waals surface area contributed by atoms with Crippen LogP contribution in [0.1, 0.15) is 26.2 Å². The molecule has 0 saturated carbocycles. The number of amides is 1. The van der Waals surface area contributed by atoms with E-state index in [4.69, 9.17) is 4.98 Å². The third kappa shape index (κ3) is 6.28. The minimum absolute atomic E-state index is 0.0317. The van der Waals surface area contributed by atoms with Gasteiger partial charge in [-0.05, 0) is 62.5 Å². The summed E-state index contributed by atoms with van der Waals surface area (Å²) in [6.07, 6.45) is 7.38. The fourth-order valence-electron chi connectivity index (χ4n) is 5.12. The number of fused-ring (bicyclic) bond motifs is 2. The number of carbonyl (C=O) groups excluding carboxylic acids is 1. The van der Waals surface area contributed by atoms with E-state index in [9.17, 15) is 9.18 Å². The van der Waals surface area contributed by atoms with E-state index in [1.807, 2.05) is 50.5 Å². The number of unbranched alkanes of at least 4 members (excludes halogenated alkanes) is 1. The van der Waals surface area contributed by atoms with Crippen molar-refractivity contribution in [2.75, 3.05) is 37.8 Å². The van der Waals surface area contributed by atoms with Crippen molar-refractivity contribution in [3.05, 3.63) is 72.9 Å². The van der Waals surface area contributed by atoms with Gasteiger partial charge in [-0.15, -0.1) is 0 Å². The van der Waals surface area contributed by atoms with Crippen LogP contribution in [0.4, 0.5) is 15.8 Å². The molecule has 224 valence electrons. The molecule has 44 heavy (non-hydrogen) atoms. The summed E-state index contributed by atoms with van der Waals surface area (Å²) in [4.78, 5) is 31.5. The van der Waals surface area contributed by atoms with Gasteiger partial charge >= 0.3 is 0 Å². The summed E-state index contributed by atoms with van der Waals surface area (Å²) in [6, 6.07) is 14.6. The number of aromatic nitrogens is 6. The van der Waals surface area contributed by atoms with Gasteiger partial charge in [0.1, 0.15) is 11.5 Å². The second-order valence-corrected chi connectivity index (χ2v) is 11.1. The fourth-order valence-corrected chi connectivity index (χ4v) is 5.12. The topological polar surface area (TPSA) is 128 Å². The van der Waals surface area contributed by atoms with Crippen molar-refractivity contribution in [1.29, 1.82) is 0 Å². The zero-order valence-corrected chi connectivity index (χ0v) is 24.9. The molecule has 0 spiro atoms. The molecule has 0 unspecified atom stereocenters. The first-order valence-electron chi connectivity index (χ1n) is 14.7. The maximum absolute atomic E-state index is 14.7. The second-order valence-electron chi connectivity index (χ2n) is 11.1. The molecule has 6 aromatic rings. The van der Waals surface area contributed by atoms with E-state index in [-0.39, 0.29) is 11.7 Å². The Kier molecular flexibility index (Phi) is 8.29. The number of pyridine rings is 2. The van der Waals surface area contributed by atoms with Crippen LogP contribution < -0.4 is 10.6 Å². The highest BCUT2D eigenvalue weighted by molar-refractivity contribution is 5.98. The van der Waals surface area contributed by atoms with Gasteiger partial charge in [-0.1, -0.05) is 25.5 Å². The lowest BCUT2D eigenvalue weighted by Gasteiger charge is -2.13. The number of rotatable bonds is 11. The number of likely N-dealkylation sites (N-methyl/N-ethyl adjacent to an activating group) is 1. The number of anilines is 2. The third-order valence-electron chi connectivity index (χ3n) is 7.36. The number of nitrogens with zero attached hydrogens (tertiary/aromatic N) is 5. The number of H-pyrrole nitrogens is 2. The van der Waals surface area contributed by atoms with Crippen LogP contribution in [0.3, 0.4) is 0 Å².